The van der Waals surface area contributed by atoms with Crippen molar-refractivity contribution in [2.75, 3.05) is 39.8 Å². The average molecular weight is 284 g/mol. The summed E-state index contributed by atoms with van der Waals surface area (Å²) in [7, 11) is 2.06. The van der Waals surface area contributed by atoms with E-state index in [4.69, 9.17) is 5.11 Å². The van der Waals surface area contributed by atoms with Crippen molar-refractivity contribution < 1.29 is 14.7 Å². The van der Waals surface area contributed by atoms with E-state index in [1.54, 1.807) is 0 Å². The van der Waals surface area contributed by atoms with Crippen LogP contribution >= 0.6 is 0 Å². The summed E-state index contributed by atoms with van der Waals surface area (Å²) in [6.07, 6.45) is 2.96. The number of hydrogen-bond donors (Lipinski definition) is 3. The molecule has 0 aromatic carbocycles. The van der Waals surface area contributed by atoms with Gasteiger partial charge in [-0.2, -0.15) is 0 Å². The van der Waals surface area contributed by atoms with Gasteiger partial charge in [-0.05, 0) is 25.3 Å². The maximum atomic E-state index is 11.8. The third-order valence-corrected chi connectivity index (χ3v) is 4.33. The molecule has 0 aromatic rings. The first-order valence-electron chi connectivity index (χ1n) is 7.19. The van der Waals surface area contributed by atoms with E-state index in [2.05, 4.69) is 22.7 Å². The molecule has 1 saturated heterocycles. The van der Waals surface area contributed by atoms with Gasteiger partial charge in [0.1, 0.15) is 0 Å². The summed E-state index contributed by atoms with van der Waals surface area (Å²) in [6.45, 7) is 3.93. The molecule has 7 heteroatoms. The average Bonchev–Trinajstić information content (AvgIpc) is 2.35. The molecule has 2 amide bonds. The topological polar surface area (TPSA) is 84.9 Å². The number of piperazine rings is 1. The van der Waals surface area contributed by atoms with Gasteiger partial charge in [0, 0.05) is 32.7 Å². The molecular weight excluding hydrogens is 260 g/mol. The number of hydrogen-bond acceptors (Lipinski definition) is 4. The second-order valence-corrected chi connectivity index (χ2v) is 6.01. The Hall–Kier alpha value is -1.34. The molecule has 0 atom stereocenters. The lowest BCUT2D eigenvalue weighted by Crippen LogP contribution is -2.56. The van der Waals surface area contributed by atoms with Crippen LogP contribution in [0.3, 0.4) is 0 Å². The second-order valence-electron chi connectivity index (χ2n) is 6.01. The first kappa shape index (κ1) is 15.1. The fourth-order valence-electron chi connectivity index (χ4n) is 2.78. The van der Waals surface area contributed by atoms with Gasteiger partial charge in [0.15, 0.2) is 0 Å². The smallest absolute Gasteiger partial charge is 0.329 e. The van der Waals surface area contributed by atoms with Gasteiger partial charge in [0.25, 0.3) is 0 Å². The van der Waals surface area contributed by atoms with Gasteiger partial charge >= 0.3 is 12.0 Å². The normalized spacial score (nSPS) is 22.9. The van der Waals surface area contributed by atoms with Crippen LogP contribution in [0.4, 0.5) is 4.79 Å². The Labute approximate surface area is 119 Å². The molecule has 2 aliphatic rings. The van der Waals surface area contributed by atoms with E-state index >= 15 is 0 Å². The zero-order valence-corrected chi connectivity index (χ0v) is 12.0. The summed E-state index contributed by atoms with van der Waals surface area (Å²) >= 11 is 0. The maximum Gasteiger partial charge on any atom is 0.329 e. The van der Waals surface area contributed by atoms with E-state index in [1.165, 1.54) is 0 Å². The minimum Gasteiger partial charge on any atom is -0.481 e. The van der Waals surface area contributed by atoms with Gasteiger partial charge in [0.2, 0.25) is 0 Å². The number of carboxylic acid groups (broad SMARTS) is 1. The molecule has 0 aromatic heterocycles. The Kier molecular flexibility index (Phi) is 4.82. The molecule has 0 spiro atoms. The summed E-state index contributed by atoms with van der Waals surface area (Å²) in [5.74, 6) is -0.786. The van der Waals surface area contributed by atoms with Crippen LogP contribution in [0.15, 0.2) is 0 Å². The molecule has 0 bridgehead atoms. The number of carbonyl (C=O) groups is 2. The molecule has 0 radical (unpaired) electrons. The fourth-order valence-corrected chi connectivity index (χ4v) is 2.78. The molecule has 1 heterocycles. The van der Waals surface area contributed by atoms with Crippen molar-refractivity contribution in [3.63, 3.8) is 0 Å². The van der Waals surface area contributed by atoms with Crippen LogP contribution in [0.5, 0.6) is 0 Å². The predicted octanol–water partition coefficient (Wildman–Crippen LogP) is 0.0930. The number of hydrazine groups is 1. The molecule has 2 rings (SSSR count). The molecule has 3 N–H and O–H groups in total. The predicted molar refractivity (Wildman–Crippen MR) is 74.1 cm³/mol. The molecule has 0 unspecified atom stereocenters. The van der Waals surface area contributed by atoms with E-state index in [-0.39, 0.29) is 17.9 Å². The van der Waals surface area contributed by atoms with Gasteiger partial charge in [-0.1, -0.05) is 6.42 Å². The van der Waals surface area contributed by atoms with Gasteiger partial charge < -0.3 is 15.3 Å². The van der Waals surface area contributed by atoms with Crippen LogP contribution in [-0.2, 0) is 4.79 Å². The number of carboxylic acids is 1. The molecule has 7 nitrogen and oxygen atoms in total. The zero-order valence-electron chi connectivity index (χ0n) is 12.0. The molecular formula is C13H24N4O3. The largest absolute Gasteiger partial charge is 0.481 e. The summed E-state index contributed by atoms with van der Waals surface area (Å²) in [6, 6.07) is -0.230. The van der Waals surface area contributed by atoms with Crippen LogP contribution in [0, 0.1) is 5.41 Å². The van der Waals surface area contributed by atoms with Crippen LogP contribution in [0.2, 0.25) is 0 Å². The van der Waals surface area contributed by atoms with Crippen LogP contribution in [-0.4, -0.2) is 66.8 Å². The highest BCUT2D eigenvalue weighted by Crippen LogP contribution is 2.43. The number of likely N-dealkylation sites (N-methyl/N-ethyl adjacent to an activating group) is 1. The number of aliphatic carboxylic acids is 1. The van der Waals surface area contributed by atoms with E-state index < -0.39 is 5.97 Å². The summed E-state index contributed by atoms with van der Waals surface area (Å²) in [4.78, 5) is 24.9. The van der Waals surface area contributed by atoms with Crippen molar-refractivity contribution in [1.29, 1.82) is 0 Å². The van der Waals surface area contributed by atoms with E-state index in [0.717, 1.165) is 45.4 Å². The molecule has 1 saturated carbocycles. The Morgan fingerprint density at radius 1 is 1.20 bits per heavy atom. The first-order chi connectivity index (χ1) is 9.49. The molecule has 114 valence electrons. The van der Waals surface area contributed by atoms with Gasteiger partial charge in [-0.3, -0.25) is 10.2 Å². The number of nitrogens with one attached hydrogen (secondary N) is 2. The van der Waals surface area contributed by atoms with Crippen molar-refractivity contribution in [2.24, 2.45) is 5.41 Å². The Morgan fingerprint density at radius 3 is 2.35 bits per heavy atom. The Bertz CT molecular complexity index is 363. The number of amides is 2. The van der Waals surface area contributed by atoms with Crippen LogP contribution < -0.4 is 10.7 Å². The standard InChI is InChI=1S/C13H24N4O3/c1-16-5-7-17(8-6-16)15-12(20)14-10-13(3-2-4-13)9-11(18)19/h2-10H2,1H3,(H,18,19)(H2,14,15,20). The summed E-state index contributed by atoms with van der Waals surface area (Å²) in [5.41, 5.74) is 2.59. The first-order valence-corrected chi connectivity index (χ1v) is 7.19. The number of urea groups is 1. The Balaban J connectivity index is 1.70. The Morgan fingerprint density at radius 2 is 1.85 bits per heavy atom. The highest BCUT2D eigenvalue weighted by molar-refractivity contribution is 5.73. The third kappa shape index (κ3) is 4.08. The van der Waals surface area contributed by atoms with Crippen LogP contribution in [0.1, 0.15) is 25.7 Å². The van der Waals surface area contributed by atoms with Gasteiger partial charge in [-0.15, -0.1) is 0 Å². The third-order valence-electron chi connectivity index (χ3n) is 4.33. The molecule has 1 aliphatic heterocycles. The minimum absolute atomic E-state index is 0.141. The zero-order chi connectivity index (χ0) is 14.6. The lowest BCUT2D eigenvalue weighted by molar-refractivity contribution is -0.141. The van der Waals surface area contributed by atoms with Crippen LogP contribution in [0.25, 0.3) is 0 Å². The number of nitrogens with zero attached hydrogens (tertiary/aromatic N) is 2. The lowest BCUT2D eigenvalue weighted by atomic mass is 9.66. The van der Waals surface area contributed by atoms with E-state index in [0.29, 0.717) is 6.54 Å². The van der Waals surface area contributed by atoms with Crippen molar-refractivity contribution in [2.45, 2.75) is 25.7 Å². The quantitative estimate of drug-likeness (QED) is 0.666. The molecule has 2 fully saturated rings. The summed E-state index contributed by atoms with van der Waals surface area (Å²) < 4.78 is 0. The summed E-state index contributed by atoms with van der Waals surface area (Å²) in [5, 5.41) is 13.6. The van der Waals surface area contributed by atoms with Gasteiger partial charge in [0.05, 0.1) is 6.42 Å². The van der Waals surface area contributed by atoms with Crippen molar-refractivity contribution in [1.82, 2.24) is 20.7 Å². The second kappa shape index (κ2) is 6.41. The van der Waals surface area contributed by atoms with E-state index in [1.807, 2.05) is 5.01 Å². The van der Waals surface area contributed by atoms with Crippen molar-refractivity contribution >= 4 is 12.0 Å². The SMILES string of the molecule is CN1CCN(NC(=O)NCC2(CC(=O)O)CCC2)CC1. The fraction of sp³-hybridized carbons (Fsp3) is 0.846. The minimum atomic E-state index is -0.786. The lowest BCUT2D eigenvalue weighted by Gasteiger charge is -2.41. The van der Waals surface area contributed by atoms with Crippen molar-refractivity contribution in [3.05, 3.63) is 0 Å². The van der Waals surface area contributed by atoms with Gasteiger partial charge in [-0.25, -0.2) is 9.80 Å². The molecule has 20 heavy (non-hydrogen) atoms. The highest BCUT2D eigenvalue weighted by Gasteiger charge is 2.39. The highest BCUT2D eigenvalue weighted by atomic mass is 16.4. The monoisotopic (exact) mass is 284 g/mol. The number of carbonyl (C=O) groups excluding carboxylic acids is 1. The van der Waals surface area contributed by atoms with E-state index in [9.17, 15) is 9.59 Å². The number of rotatable bonds is 5. The van der Waals surface area contributed by atoms with Crippen molar-refractivity contribution in [3.8, 4) is 0 Å². The molecule has 1 aliphatic carbocycles. The maximum absolute atomic E-state index is 11.8.